The fraction of sp³-hybridized carbons (Fsp3) is 0. The van der Waals surface area contributed by atoms with E-state index >= 15 is 0 Å². The van der Waals surface area contributed by atoms with Crippen molar-refractivity contribution in [3.05, 3.63) is 216 Å². The predicted octanol–water partition coefficient (Wildman–Crippen LogP) is 13.7. The van der Waals surface area contributed by atoms with Crippen LogP contribution in [0.1, 0.15) is 51.8 Å². The molecule has 1 aliphatic carbocycles. The standard InChI is InChI=1S/C65H38N4O10.Pd/c70-61(71)35-15-9-12-32(26-35)49-53-41-18-1-3-20-43(41)55(66-53)50(33-13-10-16-36(27-33)62(72)73)57-45-22-5-7-24-47(45)59(68-57)52(38-29-39(64(76)77)31-40(30-38)65(78)79)60-48-25-8-6-23-46(48)58(69-60)51(34-14-11-17-37(28-34)63(74)75)56-44-21-4-2-19-42(44)54(49)67-56;/h1-31H,(H7,66,67,68,69,70,71,72,73,74,75,76,77,78,79);/q;+2/p-2. The minimum absolute atomic E-state index is 0. The quantitative estimate of drug-likeness (QED) is 0.0845. The van der Waals surface area contributed by atoms with Crippen LogP contribution in [0.2, 0.25) is 0 Å². The van der Waals surface area contributed by atoms with Crippen LogP contribution in [0.4, 0.5) is 0 Å². The van der Waals surface area contributed by atoms with Gasteiger partial charge in [0.05, 0.1) is 50.6 Å². The molecule has 0 spiro atoms. The first-order valence-corrected chi connectivity index (χ1v) is 24.7. The smallest absolute Gasteiger partial charge is 0.656 e. The Morgan fingerprint density at radius 3 is 0.812 bits per heavy atom. The summed E-state index contributed by atoms with van der Waals surface area (Å²) in [6, 6.07) is 52.8. The molecule has 14 nitrogen and oxygen atoms in total. The van der Waals surface area contributed by atoms with Crippen LogP contribution in [0.3, 0.4) is 0 Å². The first-order valence-electron chi connectivity index (χ1n) is 24.7. The number of benzene rings is 8. The number of carboxylic acids is 5. The Hall–Kier alpha value is -10.6. The van der Waals surface area contributed by atoms with Crippen molar-refractivity contribution in [3.8, 4) is 89.5 Å². The van der Waals surface area contributed by atoms with Crippen molar-refractivity contribution in [3.63, 3.8) is 0 Å². The van der Waals surface area contributed by atoms with E-state index in [2.05, 4.69) is 0 Å². The molecule has 5 N–H and O–H groups in total. The molecular weight excluding hydrogens is 1100 g/mol. The van der Waals surface area contributed by atoms with Gasteiger partial charge < -0.3 is 35.5 Å². The second-order valence-corrected chi connectivity index (χ2v) is 19.0. The number of aromatic carboxylic acids is 5. The van der Waals surface area contributed by atoms with Gasteiger partial charge >= 0.3 is 50.3 Å². The second-order valence-electron chi connectivity index (χ2n) is 19.0. The van der Waals surface area contributed by atoms with Crippen LogP contribution in [-0.4, -0.2) is 65.3 Å². The molecule has 386 valence electrons. The number of nitrogens with zero attached hydrogens (tertiary/aromatic N) is 4. The largest absolute Gasteiger partial charge is 2.00 e. The molecule has 0 amide bonds. The summed E-state index contributed by atoms with van der Waals surface area (Å²) in [5.74, 6) is -6.31. The van der Waals surface area contributed by atoms with E-state index in [-0.39, 0.29) is 70.6 Å². The summed E-state index contributed by atoms with van der Waals surface area (Å²) >= 11 is 0. The summed E-state index contributed by atoms with van der Waals surface area (Å²) in [6.07, 6.45) is 0. The summed E-state index contributed by atoms with van der Waals surface area (Å²) in [4.78, 5) is 86.9. The molecule has 15 heteroatoms. The van der Waals surface area contributed by atoms with Crippen LogP contribution in [0.5, 0.6) is 0 Å². The summed E-state index contributed by atoms with van der Waals surface area (Å²) in [5, 5.41) is 55.0. The zero-order valence-electron chi connectivity index (χ0n) is 41.3. The van der Waals surface area contributed by atoms with E-state index in [0.29, 0.717) is 111 Å². The Kier molecular flexibility index (Phi) is 12.2. The average molecular weight is 1140 g/mol. The molecule has 13 rings (SSSR count). The number of carbonyl (C=O) groups is 5. The van der Waals surface area contributed by atoms with Crippen LogP contribution in [0.25, 0.3) is 133 Å². The van der Waals surface area contributed by atoms with E-state index in [9.17, 15) is 49.5 Å². The fourth-order valence-corrected chi connectivity index (χ4v) is 11.0. The topological polar surface area (TPSA) is 240 Å². The molecule has 8 aromatic carbocycles. The van der Waals surface area contributed by atoms with E-state index in [0.717, 1.165) is 6.07 Å². The molecule has 10 aromatic rings. The molecule has 2 aromatic heterocycles. The normalized spacial score (nSPS) is 11.4. The van der Waals surface area contributed by atoms with Gasteiger partial charge in [-0.25, -0.2) is 33.9 Å². The van der Waals surface area contributed by atoms with Crippen molar-refractivity contribution in [2.75, 3.05) is 0 Å². The Morgan fingerprint density at radius 1 is 0.287 bits per heavy atom. The molecule has 2 aliphatic heterocycles. The molecule has 0 radical (unpaired) electrons. The van der Waals surface area contributed by atoms with Gasteiger partial charge in [0.2, 0.25) is 0 Å². The molecule has 0 saturated carbocycles. The second kappa shape index (κ2) is 19.5. The first kappa shape index (κ1) is 50.2. The molecule has 80 heavy (non-hydrogen) atoms. The van der Waals surface area contributed by atoms with E-state index in [1.807, 2.05) is 97.1 Å². The molecule has 0 fully saturated rings. The van der Waals surface area contributed by atoms with Gasteiger partial charge in [-0.3, -0.25) is 0 Å². The SMILES string of the molecule is O=C(O)c1cccc(-c2c3nc(c(-c4cccc(C(=O)O)c4)c4[n-]c(c(-c5cc(C(=O)O)cc(C(=O)O)c5)c5nc(c(-c6cccc(C(=O)O)c6)c6[n-]c2c2ccccc62)-c2ccccc2-5)c2ccccc42)-c2ccccc2-3)c1.[Pd+2]. The van der Waals surface area contributed by atoms with E-state index in [4.69, 9.17) is 19.9 Å². The van der Waals surface area contributed by atoms with Crippen LogP contribution in [-0.2, 0) is 20.4 Å². The Labute approximate surface area is 466 Å². The number of carboxylic acid groups (broad SMARTS) is 5. The molecule has 0 atom stereocenters. The van der Waals surface area contributed by atoms with E-state index in [1.165, 1.54) is 42.5 Å². The predicted molar refractivity (Wildman–Crippen MR) is 299 cm³/mol. The maximum atomic E-state index is 13.0. The van der Waals surface area contributed by atoms with Gasteiger partial charge in [-0.2, -0.15) is 0 Å². The third-order valence-electron chi connectivity index (χ3n) is 14.4. The van der Waals surface area contributed by atoms with Crippen LogP contribution < -0.4 is 9.97 Å². The van der Waals surface area contributed by atoms with Crippen LogP contribution in [0.15, 0.2) is 188 Å². The minimum atomic E-state index is -1.39. The summed E-state index contributed by atoms with van der Waals surface area (Å²) in [5.41, 5.74) is 7.32. The number of hydrogen-bond donors (Lipinski definition) is 5. The fourth-order valence-electron chi connectivity index (χ4n) is 11.0. The number of aromatic nitrogens is 4. The van der Waals surface area contributed by atoms with Crippen LogP contribution in [0, 0.1) is 0 Å². The van der Waals surface area contributed by atoms with Crippen molar-refractivity contribution < 1.29 is 69.9 Å². The van der Waals surface area contributed by atoms with E-state index < -0.39 is 29.8 Å². The van der Waals surface area contributed by atoms with Gasteiger partial charge in [0.25, 0.3) is 0 Å². The number of rotatable bonds is 9. The Bertz CT molecular complexity index is 4660. The minimum Gasteiger partial charge on any atom is -0.656 e. The summed E-state index contributed by atoms with van der Waals surface area (Å²) in [7, 11) is 0. The Balaban J connectivity index is 0.00000637. The molecule has 0 saturated heterocycles. The van der Waals surface area contributed by atoms with Crippen LogP contribution >= 0.6 is 0 Å². The zero-order valence-corrected chi connectivity index (χ0v) is 42.8. The maximum Gasteiger partial charge on any atom is 2.00 e. The third kappa shape index (κ3) is 8.12. The summed E-state index contributed by atoms with van der Waals surface area (Å²) < 4.78 is 0. The third-order valence-corrected chi connectivity index (χ3v) is 14.4. The van der Waals surface area contributed by atoms with Gasteiger partial charge in [0, 0.05) is 22.3 Å². The first-order chi connectivity index (χ1) is 38.3. The van der Waals surface area contributed by atoms with Crippen molar-refractivity contribution in [2.45, 2.75) is 0 Å². The number of hydrogen-bond acceptors (Lipinski definition) is 7. The van der Waals surface area contributed by atoms with E-state index in [1.54, 1.807) is 42.5 Å². The van der Waals surface area contributed by atoms with Crippen molar-refractivity contribution in [2.24, 2.45) is 0 Å². The molecule has 0 unspecified atom stereocenters. The maximum absolute atomic E-state index is 13.0. The molecule has 4 heterocycles. The molecule has 3 aliphatic rings. The van der Waals surface area contributed by atoms with Crippen molar-refractivity contribution in [1.82, 2.24) is 19.9 Å². The van der Waals surface area contributed by atoms with Gasteiger partial charge in [0.1, 0.15) is 0 Å². The van der Waals surface area contributed by atoms with Gasteiger partial charge in [0.15, 0.2) is 0 Å². The Morgan fingerprint density at radius 2 is 0.537 bits per heavy atom. The van der Waals surface area contributed by atoms with Crippen molar-refractivity contribution >= 4 is 73.5 Å². The van der Waals surface area contributed by atoms with Gasteiger partial charge in [-0.1, -0.05) is 133 Å². The zero-order chi connectivity index (χ0) is 54.4. The van der Waals surface area contributed by atoms with Gasteiger partial charge in [-0.15, -0.1) is 22.1 Å². The molecule has 8 bridgehead atoms. The average Bonchev–Trinajstić information content (AvgIpc) is 4.39. The monoisotopic (exact) mass is 1140 g/mol. The summed E-state index contributed by atoms with van der Waals surface area (Å²) in [6.45, 7) is 0. The van der Waals surface area contributed by atoms with Gasteiger partial charge in [-0.05, 0) is 121 Å². The molecular formula is C65H36N4O10Pd. The van der Waals surface area contributed by atoms with Crippen molar-refractivity contribution in [1.29, 1.82) is 0 Å².